The summed E-state index contributed by atoms with van der Waals surface area (Å²) in [6, 6.07) is 8.03. The monoisotopic (exact) mass is 630 g/mol. The van der Waals surface area contributed by atoms with Gasteiger partial charge in [-0.15, -0.1) is 0 Å². The molecular formula is C34H36F2N6O4. The molecule has 46 heavy (non-hydrogen) atoms. The zero-order valence-electron chi connectivity index (χ0n) is 26.9. The van der Waals surface area contributed by atoms with Gasteiger partial charge in [-0.25, -0.2) is 18.6 Å². The molecule has 1 fully saturated rings. The number of amides is 1. The second-order valence-corrected chi connectivity index (χ2v) is 12.8. The van der Waals surface area contributed by atoms with E-state index in [1.54, 1.807) is 49.8 Å². The van der Waals surface area contributed by atoms with Gasteiger partial charge in [0.1, 0.15) is 34.5 Å². The first-order chi connectivity index (χ1) is 21.6. The van der Waals surface area contributed by atoms with Gasteiger partial charge < -0.3 is 19.6 Å². The molecule has 1 atom stereocenters. The number of aromatic nitrogens is 3. The van der Waals surface area contributed by atoms with E-state index in [1.807, 2.05) is 20.8 Å². The summed E-state index contributed by atoms with van der Waals surface area (Å²) < 4.78 is 37.9. The van der Waals surface area contributed by atoms with E-state index in [4.69, 9.17) is 4.74 Å². The number of nitriles is 1. The summed E-state index contributed by atoms with van der Waals surface area (Å²) in [7, 11) is 0. The van der Waals surface area contributed by atoms with Crippen molar-refractivity contribution in [1.29, 1.82) is 5.26 Å². The number of hydrogen-bond donors (Lipinski definition) is 1. The van der Waals surface area contributed by atoms with E-state index in [-0.39, 0.29) is 47.8 Å². The highest BCUT2D eigenvalue weighted by Gasteiger charge is 2.34. The minimum absolute atomic E-state index is 0.0437. The number of pyridine rings is 3. The maximum atomic E-state index is 16.1. The third-order valence-corrected chi connectivity index (χ3v) is 7.91. The quantitative estimate of drug-likeness (QED) is 0.284. The molecule has 0 radical (unpaired) electrons. The molecule has 0 unspecified atom stereocenters. The van der Waals surface area contributed by atoms with Crippen LogP contribution in [0.25, 0.3) is 28.0 Å². The van der Waals surface area contributed by atoms with Gasteiger partial charge in [-0.3, -0.25) is 14.3 Å². The number of aromatic hydroxyl groups is 1. The van der Waals surface area contributed by atoms with Crippen molar-refractivity contribution in [1.82, 2.24) is 19.4 Å². The lowest BCUT2D eigenvalue weighted by molar-refractivity contribution is 0.0219. The molecule has 10 nitrogen and oxygen atoms in total. The fraction of sp³-hybridized carbons (Fsp3) is 0.382. The highest BCUT2D eigenvalue weighted by Crippen LogP contribution is 2.38. The van der Waals surface area contributed by atoms with Crippen LogP contribution in [0.5, 0.6) is 5.75 Å². The zero-order valence-corrected chi connectivity index (χ0v) is 26.9. The number of anilines is 1. The van der Waals surface area contributed by atoms with Crippen LogP contribution in [0.2, 0.25) is 0 Å². The van der Waals surface area contributed by atoms with Gasteiger partial charge in [0.15, 0.2) is 11.5 Å². The Morgan fingerprint density at radius 1 is 1.15 bits per heavy atom. The lowest BCUT2D eigenvalue weighted by atomic mass is 10.0. The summed E-state index contributed by atoms with van der Waals surface area (Å²) in [6.45, 7) is 13.4. The van der Waals surface area contributed by atoms with E-state index in [1.165, 1.54) is 16.7 Å². The van der Waals surface area contributed by atoms with Crippen LogP contribution in [0.3, 0.4) is 0 Å². The number of carbonyl (C=O) groups is 1. The zero-order chi connectivity index (χ0) is 33.7. The Bertz CT molecular complexity index is 1940. The van der Waals surface area contributed by atoms with Crippen LogP contribution in [-0.2, 0) is 4.74 Å². The highest BCUT2D eigenvalue weighted by molar-refractivity contribution is 5.96. The summed E-state index contributed by atoms with van der Waals surface area (Å²) in [4.78, 5) is 39.7. The maximum absolute atomic E-state index is 16.1. The van der Waals surface area contributed by atoms with Crippen molar-refractivity contribution in [2.75, 3.05) is 24.5 Å². The molecule has 3 aromatic heterocycles. The van der Waals surface area contributed by atoms with E-state index in [0.29, 0.717) is 16.9 Å². The second-order valence-electron chi connectivity index (χ2n) is 12.8. The Morgan fingerprint density at radius 3 is 2.48 bits per heavy atom. The first-order valence-electron chi connectivity index (χ1n) is 15.0. The van der Waals surface area contributed by atoms with Crippen molar-refractivity contribution < 1.29 is 23.4 Å². The Hall–Kier alpha value is -5.05. The predicted octanol–water partition coefficient (Wildman–Crippen LogP) is 6.18. The van der Waals surface area contributed by atoms with Crippen molar-refractivity contribution in [3.05, 3.63) is 75.3 Å². The number of ether oxygens (including phenoxy) is 1. The van der Waals surface area contributed by atoms with Crippen LogP contribution < -0.4 is 10.5 Å². The van der Waals surface area contributed by atoms with Gasteiger partial charge in [-0.05, 0) is 70.4 Å². The van der Waals surface area contributed by atoms with Crippen molar-refractivity contribution in [3.8, 4) is 28.8 Å². The van der Waals surface area contributed by atoms with Crippen molar-refractivity contribution in [3.63, 3.8) is 0 Å². The van der Waals surface area contributed by atoms with Gasteiger partial charge in [0.25, 0.3) is 5.56 Å². The summed E-state index contributed by atoms with van der Waals surface area (Å²) in [6.07, 6.45) is 1.12. The Morgan fingerprint density at radius 2 is 1.87 bits per heavy atom. The normalized spacial score (nSPS) is 15.4. The average molecular weight is 631 g/mol. The topological polar surface area (TPSA) is 125 Å². The molecule has 1 N–H and O–H groups in total. The van der Waals surface area contributed by atoms with E-state index in [2.05, 4.69) is 16.0 Å². The molecular weight excluding hydrogens is 594 g/mol. The largest absolute Gasteiger partial charge is 0.507 e. The van der Waals surface area contributed by atoms with E-state index in [0.717, 1.165) is 12.1 Å². The number of aryl methyl sites for hydroxylation is 1. The van der Waals surface area contributed by atoms with Crippen LogP contribution in [0, 0.1) is 29.9 Å². The molecule has 1 saturated heterocycles. The van der Waals surface area contributed by atoms with Gasteiger partial charge in [0, 0.05) is 37.3 Å². The third-order valence-electron chi connectivity index (χ3n) is 7.91. The van der Waals surface area contributed by atoms with Crippen molar-refractivity contribution in [2.45, 2.75) is 66.0 Å². The van der Waals surface area contributed by atoms with Crippen LogP contribution in [-0.4, -0.2) is 61.9 Å². The molecule has 240 valence electrons. The number of halogens is 2. The smallest absolute Gasteiger partial charge is 0.410 e. The molecule has 12 heteroatoms. The molecule has 4 heterocycles. The van der Waals surface area contributed by atoms with Crippen molar-refractivity contribution >= 4 is 22.8 Å². The molecule has 1 amide bonds. The Labute approximate surface area is 265 Å². The number of phenolic OH excluding ortho intramolecular Hbond substituents is 1. The summed E-state index contributed by atoms with van der Waals surface area (Å²) in [5.74, 6) is -2.55. The predicted molar refractivity (Wildman–Crippen MR) is 170 cm³/mol. The summed E-state index contributed by atoms with van der Waals surface area (Å²) in [5, 5.41) is 21.1. The van der Waals surface area contributed by atoms with Crippen molar-refractivity contribution in [2.24, 2.45) is 0 Å². The summed E-state index contributed by atoms with van der Waals surface area (Å²) >= 11 is 0. The lowest BCUT2D eigenvalue weighted by Gasteiger charge is -2.42. The molecule has 0 spiro atoms. The van der Waals surface area contributed by atoms with E-state index >= 15 is 8.78 Å². The number of rotatable bonds is 4. The molecule has 0 bridgehead atoms. The van der Waals surface area contributed by atoms with Crippen LogP contribution in [0.15, 0.2) is 41.3 Å². The molecule has 1 aliphatic heterocycles. The first kappa shape index (κ1) is 32.3. The number of benzene rings is 1. The van der Waals surface area contributed by atoms with E-state index in [9.17, 15) is 20.0 Å². The van der Waals surface area contributed by atoms with E-state index < -0.39 is 51.9 Å². The van der Waals surface area contributed by atoms with Crippen LogP contribution in [0.1, 0.15) is 64.3 Å². The fourth-order valence-corrected chi connectivity index (χ4v) is 5.86. The highest BCUT2D eigenvalue weighted by atomic mass is 19.1. The van der Waals surface area contributed by atoms with Gasteiger partial charge in [0.2, 0.25) is 0 Å². The minimum atomic E-state index is -0.963. The third kappa shape index (κ3) is 5.73. The molecule has 5 rings (SSSR count). The number of hydrogen-bond acceptors (Lipinski definition) is 8. The molecule has 1 aromatic carbocycles. The molecule has 0 aliphatic carbocycles. The van der Waals surface area contributed by atoms with Crippen LogP contribution >= 0.6 is 0 Å². The summed E-state index contributed by atoms with van der Waals surface area (Å²) in [5.41, 5.74) is -0.935. The van der Waals surface area contributed by atoms with Gasteiger partial charge >= 0.3 is 6.09 Å². The van der Waals surface area contributed by atoms with Crippen LogP contribution in [0.4, 0.5) is 19.3 Å². The number of phenols is 1. The molecule has 1 aliphatic rings. The fourth-order valence-electron chi connectivity index (χ4n) is 5.86. The average Bonchev–Trinajstić information content (AvgIpc) is 2.96. The minimum Gasteiger partial charge on any atom is -0.507 e. The SMILES string of the molecule is Cc1ccnc(C(C)C)c1-n1c(=O)c(C#N)c(N2CCN(C(=O)OC(C)(C)C)C[C@@H]2C)c2cc(F)c(-c3c(O)cccc3F)nc21. The number of piperazine rings is 1. The number of nitrogens with zero attached hydrogens (tertiary/aromatic N) is 6. The maximum Gasteiger partial charge on any atom is 0.410 e. The second kappa shape index (κ2) is 12.0. The molecule has 4 aromatic rings. The van der Waals surface area contributed by atoms with Gasteiger partial charge in [0.05, 0.1) is 22.6 Å². The number of carbonyl (C=O) groups excluding carboxylic acids is 1. The first-order valence-corrected chi connectivity index (χ1v) is 15.0. The number of fused-ring (bicyclic) bond motifs is 1. The van der Waals surface area contributed by atoms with Gasteiger partial charge in [-0.2, -0.15) is 5.26 Å². The Balaban J connectivity index is 1.82. The lowest BCUT2D eigenvalue weighted by Crippen LogP contribution is -2.55. The Kier molecular flexibility index (Phi) is 8.47. The van der Waals surface area contributed by atoms with Gasteiger partial charge in [-0.1, -0.05) is 19.9 Å². The molecule has 0 saturated carbocycles. The standard InChI is InChI=1S/C34H36F2N6O4/c1-18(2)27-29(19(3)11-12-38-27)42-31-21(15-24(36)28(39-31)26-23(35)9-8-10-25(26)43)30(22(16-37)32(42)44)41-14-13-40(17-20(41)4)33(45)46-34(5,6)7/h8-12,15,18,20,43H,13-14,17H2,1-7H3/t20-/m0/s1.